The smallest absolute Gasteiger partial charge is 0.327 e. The number of anilines is 1. The molecule has 0 radical (unpaired) electrons. The quantitative estimate of drug-likeness (QED) is 0.620. The molecule has 1 amide bonds. The summed E-state index contributed by atoms with van der Waals surface area (Å²) in [5.74, 6) is -2.31. The summed E-state index contributed by atoms with van der Waals surface area (Å²) < 4.78 is 26.5. The number of nitro groups is 1. The Kier molecular flexibility index (Phi) is 6.01. The highest BCUT2D eigenvalue weighted by molar-refractivity contribution is 5.77. The first-order valence-electron chi connectivity index (χ1n) is 6.55. The van der Waals surface area contributed by atoms with Crippen molar-refractivity contribution in [3.63, 3.8) is 0 Å². The lowest BCUT2D eigenvalue weighted by molar-refractivity contribution is -0.386. The van der Waals surface area contributed by atoms with Crippen molar-refractivity contribution >= 4 is 17.3 Å². The van der Waals surface area contributed by atoms with Crippen LogP contribution in [0.2, 0.25) is 0 Å². The van der Waals surface area contributed by atoms with Gasteiger partial charge in [0.25, 0.3) is 0 Å². The minimum atomic E-state index is -1.25. The van der Waals surface area contributed by atoms with Gasteiger partial charge < -0.3 is 10.2 Å². The van der Waals surface area contributed by atoms with Gasteiger partial charge in [0.1, 0.15) is 11.5 Å². The van der Waals surface area contributed by atoms with Crippen LogP contribution in [-0.4, -0.2) is 35.4 Å². The Labute approximate surface area is 120 Å². The van der Waals surface area contributed by atoms with Gasteiger partial charge in [-0.2, -0.15) is 4.39 Å². The third kappa shape index (κ3) is 4.37. The number of halogens is 2. The van der Waals surface area contributed by atoms with E-state index in [9.17, 15) is 23.7 Å². The number of hydrogen-bond acceptors (Lipinski definition) is 4. The maximum Gasteiger partial charge on any atom is 0.327 e. The van der Waals surface area contributed by atoms with Crippen LogP contribution in [0.1, 0.15) is 20.3 Å². The zero-order valence-electron chi connectivity index (χ0n) is 11.9. The summed E-state index contributed by atoms with van der Waals surface area (Å²) in [6, 6.07) is 1.29. The Balaban J connectivity index is 2.76. The zero-order chi connectivity index (χ0) is 16.0. The maximum atomic E-state index is 13.4. The van der Waals surface area contributed by atoms with E-state index >= 15 is 0 Å². The van der Waals surface area contributed by atoms with Crippen molar-refractivity contribution in [1.82, 2.24) is 4.90 Å². The molecule has 1 aromatic carbocycles. The van der Waals surface area contributed by atoms with Gasteiger partial charge in [-0.1, -0.05) is 0 Å². The molecule has 0 unspecified atom stereocenters. The van der Waals surface area contributed by atoms with Crippen molar-refractivity contribution < 1.29 is 18.5 Å². The fraction of sp³-hybridized carbons (Fsp3) is 0.462. The standard InChI is InChI=1S/C13H17F2N3O3/c1-3-17(4-2)12(19)5-6-16-11-8-9(14)7-10(15)13(11)18(20)21/h7-8,16H,3-6H2,1-2H3. The average Bonchev–Trinajstić information content (AvgIpc) is 2.38. The molecule has 0 bridgehead atoms. The first kappa shape index (κ1) is 16.8. The van der Waals surface area contributed by atoms with Crippen LogP contribution in [0.3, 0.4) is 0 Å². The van der Waals surface area contributed by atoms with E-state index in [1.807, 2.05) is 13.8 Å². The Hall–Kier alpha value is -2.25. The highest BCUT2D eigenvalue weighted by Crippen LogP contribution is 2.28. The summed E-state index contributed by atoms with van der Waals surface area (Å²) in [5.41, 5.74) is -1.10. The van der Waals surface area contributed by atoms with Crippen LogP contribution >= 0.6 is 0 Å². The lowest BCUT2D eigenvalue weighted by Crippen LogP contribution is -2.31. The molecular weight excluding hydrogens is 284 g/mol. The molecule has 1 aromatic rings. The van der Waals surface area contributed by atoms with Crippen LogP contribution in [0, 0.1) is 21.7 Å². The van der Waals surface area contributed by atoms with Gasteiger partial charge in [0, 0.05) is 38.2 Å². The Morgan fingerprint density at radius 1 is 1.33 bits per heavy atom. The molecule has 0 fully saturated rings. The van der Waals surface area contributed by atoms with E-state index in [1.54, 1.807) is 4.90 Å². The lowest BCUT2D eigenvalue weighted by Gasteiger charge is -2.18. The molecule has 1 rings (SSSR count). The molecule has 0 saturated heterocycles. The topological polar surface area (TPSA) is 75.5 Å². The number of hydrogen-bond donors (Lipinski definition) is 1. The third-order valence-corrected chi connectivity index (χ3v) is 2.98. The molecule has 1 N–H and O–H groups in total. The van der Waals surface area contributed by atoms with Crippen LogP contribution in [0.15, 0.2) is 12.1 Å². The van der Waals surface area contributed by atoms with Crippen molar-refractivity contribution in [1.29, 1.82) is 0 Å². The lowest BCUT2D eigenvalue weighted by atomic mass is 10.2. The molecule has 0 aliphatic heterocycles. The Morgan fingerprint density at radius 3 is 2.48 bits per heavy atom. The third-order valence-electron chi connectivity index (χ3n) is 2.98. The molecule has 116 valence electrons. The van der Waals surface area contributed by atoms with E-state index < -0.39 is 22.2 Å². The molecule has 0 aromatic heterocycles. The monoisotopic (exact) mass is 301 g/mol. The van der Waals surface area contributed by atoms with Crippen molar-refractivity contribution in [3.05, 3.63) is 33.9 Å². The largest absolute Gasteiger partial charge is 0.379 e. The van der Waals surface area contributed by atoms with Gasteiger partial charge in [-0.25, -0.2) is 4.39 Å². The number of nitrogens with one attached hydrogen (secondary N) is 1. The Bertz CT molecular complexity index is 534. The number of carbonyl (C=O) groups excluding carboxylic acids is 1. The number of amides is 1. The first-order chi connectivity index (χ1) is 9.90. The number of rotatable bonds is 7. The summed E-state index contributed by atoms with van der Waals surface area (Å²) in [7, 11) is 0. The van der Waals surface area contributed by atoms with Crippen LogP contribution < -0.4 is 5.32 Å². The zero-order valence-corrected chi connectivity index (χ0v) is 11.9. The molecule has 8 heteroatoms. The molecule has 21 heavy (non-hydrogen) atoms. The first-order valence-corrected chi connectivity index (χ1v) is 6.55. The predicted molar refractivity (Wildman–Crippen MR) is 74.0 cm³/mol. The number of nitro benzene ring substituents is 1. The van der Waals surface area contributed by atoms with Gasteiger partial charge in [-0.05, 0) is 13.8 Å². The van der Waals surface area contributed by atoms with Gasteiger partial charge in [0.2, 0.25) is 11.7 Å². The maximum absolute atomic E-state index is 13.4. The van der Waals surface area contributed by atoms with Gasteiger partial charge in [-0.15, -0.1) is 0 Å². The summed E-state index contributed by atoms with van der Waals surface area (Å²) in [6.07, 6.45) is 0.0803. The van der Waals surface area contributed by atoms with E-state index in [-0.39, 0.29) is 24.6 Å². The highest BCUT2D eigenvalue weighted by atomic mass is 19.1. The second-order valence-corrected chi connectivity index (χ2v) is 4.28. The van der Waals surface area contributed by atoms with E-state index in [4.69, 9.17) is 0 Å². The number of benzene rings is 1. The van der Waals surface area contributed by atoms with E-state index in [1.165, 1.54) is 0 Å². The number of carbonyl (C=O) groups is 1. The van der Waals surface area contributed by atoms with Crippen LogP contribution in [0.5, 0.6) is 0 Å². The molecule has 0 spiro atoms. The van der Waals surface area contributed by atoms with Crippen LogP contribution in [-0.2, 0) is 4.79 Å². The predicted octanol–water partition coefficient (Wildman–Crippen LogP) is 2.54. The molecule has 0 heterocycles. The van der Waals surface area contributed by atoms with Crippen molar-refractivity contribution in [2.75, 3.05) is 25.0 Å². The second-order valence-electron chi connectivity index (χ2n) is 4.28. The number of nitrogens with zero attached hydrogens (tertiary/aromatic N) is 2. The summed E-state index contributed by atoms with van der Waals surface area (Å²) in [6.45, 7) is 4.84. The fourth-order valence-corrected chi connectivity index (χ4v) is 1.92. The SMILES string of the molecule is CCN(CC)C(=O)CCNc1cc(F)cc(F)c1[N+](=O)[O-]. The van der Waals surface area contributed by atoms with E-state index in [0.717, 1.165) is 6.07 Å². The fourth-order valence-electron chi connectivity index (χ4n) is 1.92. The van der Waals surface area contributed by atoms with E-state index in [0.29, 0.717) is 19.2 Å². The van der Waals surface area contributed by atoms with Crippen molar-refractivity contribution in [2.24, 2.45) is 0 Å². The van der Waals surface area contributed by atoms with Gasteiger partial charge in [0.15, 0.2) is 0 Å². The summed E-state index contributed by atoms with van der Waals surface area (Å²) in [5, 5.41) is 13.3. The molecular formula is C13H17F2N3O3. The minimum Gasteiger partial charge on any atom is -0.379 e. The van der Waals surface area contributed by atoms with Crippen LogP contribution in [0.4, 0.5) is 20.2 Å². The highest BCUT2D eigenvalue weighted by Gasteiger charge is 2.22. The van der Waals surface area contributed by atoms with Crippen molar-refractivity contribution in [3.8, 4) is 0 Å². The molecule has 6 nitrogen and oxygen atoms in total. The Morgan fingerprint density at radius 2 is 1.95 bits per heavy atom. The minimum absolute atomic E-state index is 0.0546. The molecule has 0 atom stereocenters. The molecule has 0 aliphatic rings. The summed E-state index contributed by atoms with van der Waals surface area (Å²) >= 11 is 0. The molecule has 0 aliphatic carbocycles. The van der Waals surface area contributed by atoms with Gasteiger partial charge in [-0.3, -0.25) is 14.9 Å². The molecule has 0 saturated carbocycles. The van der Waals surface area contributed by atoms with Crippen molar-refractivity contribution in [2.45, 2.75) is 20.3 Å². The summed E-state index contributed by atoms with van der Waals surface area (Å²) in [4.78, 5) is 23.2. The normalized spacial score (nSPS) is 10.3. The van der Waals surface area contributed by atoms with Gasteiger partial charge in [0.05, 0.1) is 4.92 Å². The van der Waals surface area contributed by atoms with Crippen LogP contribution in [0.25, 0.3) is 0 Å². The van der Waals surface area contributed by atoms with Gasteiger partial charge >= 0.3 is 5.69 Å². The average molecular weight is 301 g/mol. The van der Waals surface area contributed by atoms with E-state index in [2.05, 4.69) is 5.32 Å². The second kappa shape index (κ2) is 7.51.